The van der Waals surface area contributed by atoms with Crippen LogP contribution >= 0.6 is 0 Å². The zero-order valence-electron chi connectivity index (χ0n) is 10.2. The Kier molecular flexibility index (Phi) is 5.92. The molecule has 2 atom stereocenters. The SMILES string of the molecule is C.NC(=O)[C@]1(N)C[C@@H]1c1ccccc1.O=C(O)C(F)(F)F. The van der Waals surface area contributed by atoms with Crippen molar-refractivity contribution in [2.75, 3.05) is 0 Å². The van der Waals surface area contributed by atoms with Crippen LogP contribution in [0, 0.1) is 0 Å². The van der Waals surface area contributed by atoms with E-state index in [1.165, 1.54) is 0 Å². The molecule has 0 unspecified atom stereocenters. The van der Waals surface area contributed by atoms with Gasteiger partial charge >= 0.3 is 12.1 Å². The molecule has 118 valence electrons. The van der Waals surface area contributed by atoms with Crippen LogP contribution in [-0.2, 0) is 9.59 Å². The van der Waals surface area contributed by atoms with Crippen LogP contribution in [0.2, 0.25) is 0 Å². The van der Waals surface area contributed by atoms with E-state index in [0.29, 0.717) is 6.42 Å². The predicted octanol–water partition coefficient (Wildman–Crippen LogP) is 1.63. The molecule has 1 amide bonds. The van der Waals surface area contributed by atoms with Crippen molar-refractivity contribution in [2.24, 2.45) is 11.5 Å². The van der Waals surface area contributed by atoms with Crippen LogP contribution in [0.1, 0.15) is 25.3 Å². The van der Waals surface area contributed by atoms with E-state index in [9.17, 15) is 18.0 Å². The van der Waals surface area contributed by atoms with Crippen LogP contribution in [0.5, 0.6) is 0 Å². The van der Waals surface area contributed by atoms with E-state index in [2.05, 4.69) is 0 Å². The van der Waals surface area contributed by atoms with E-state index < -0.39 is 23.6 Å². The van der Waals surface area contributed by atoms with Crippen molar-refractivity contribution < 1.29 is 27.9 Å². The maximum absolute atomic E-state index is 11.0. The van der Waals surface area contributed by atoms with Gasteiger partial charge in [-0.2, -0.15) is 13.2 Å². The zero-order valence-corrected chi connectivity index (χ0v) is 10.2. The van der Waals surface area contributed by atoms with Gasteiger partial charge in [-0.25, -0.2) is 4.79 Å². The monoisotopic (exact) mass is 306 g/mol. The number of alkyl halides is 3. The van der Waals surface area contributed by atoms with Crippen LogP contribution in [-0.4, -0.2) is 28.7 Å². The molecule has 1 aliphatic carbocycles. The Morgan fingerprint density at radius 1 is 1.24 bits per heavy atom. The van der Waals surface area contributed by atoms with E-state index in [1.807, 2.05) is 30.3 Å². The number of carboxylic acid groups (broad SMARTS) is 1. The molecular weight excluding hydrogens is 289 g/mol. The van der Waals surface area contributed by atoms with Gasteiger partial charge in [-0.3, -0.25) is 4.79 Å². The molecule has 8 heteroatoms. The summed E-state index contributed by atoms with van der Waals surface area (Å²) in [5.74, 6) is -3.04. The molecule has 1 fully saturated rings. The number of carbonyl (C=O) groups excluding carboxylic acids is 1. The van der Waals surface area contributed by atoms with Gasteiger partial charge in [0, 0.05) is 5.92 Å². The molecule has 0 bridgehead atoms. The average Bonchev–Trinajstić information content (AvgIpc) is 3.04. The normalized spacial score (nSPS) is 23.1. The first-order valence-corrected chi connectivity index (χ1v) is 5.53. The molecule has 1 aromatic carbocycles. The Labute approximate surface area is 119 Å². The number of rotatable bonds is 2. The van der Waals surface area contributed by atoms with Gasteiger partial charge in [-0.05, 0) is 12.0 Å². The third-order valence-electron chi connectivity index (χ3n) is 2.91. The molecule has 1 saturated carbocycles. The van der Waals surface area contributed by atoms with Crippen molar-refractivity contribution in [2.45, 2.75) is 31.5 Å². The molecule has 1 aromatic rings. The van der Waals surface area contributed by atoms with Gasteiger partial charge in [0.25, 0.3) is 0 Å². The summed E-state index contributed by atoms with van der Waals surface area (Å²) in [5.41, 5.74) is 11.3. The minimum absolute atomic E-state index is 0. The molecule has 0 aromatic heterocycles. The summed E-state index contributed by atoms with van der Waals surface area (Å²) in [5, 5.41) is 7.12. The van der Waals surface area contributed by atoms with E-state index in [-0.39, 0.29) is 13.3 Å². The molecule has 0 aliphatic heterocycles. The Bertz CT molecular complexity index is 505. The van der Waals surface area contributed by atoms with Crippen LogP contribution in [0.4, 0.5) is 13.2 Å². The van der Waals surface area contributed by atoms with Gasteiger partial charge in [0.2, 0.25) is 5.91 Å². The minimum atomic E-state index is -5.08. The van der Waals surface area contributed by atoms with Crippen molar-refractivity contribution in [1.29, 1.82) is 0 Å². The highest BCUT2D eigenvalue weighted by Gasteiger charge is 2.56. The number of benzene rings is 1. The quantitative estimate of drug-likeness (QED) is 0.772. The highest BCUT2D eigenvalue weighted by Crippen LogP contribution is 2.48. The van der Waals surface area contributed by atoms with Crippen molar-refractivity contribution in [3.63, 3.8) is 0 Å². The van der Waals surface area contributed by atoms with Gasteiger partial charge in [0.15, 0.2) is 0 Å². The molecular formula is C13H17F3N2O3. The van der Waals surface area contributed by atoms with Gasteiger partial charge in [0.1, 0.15) is 5.54 Å². The number of carbonyl (C=O) groups is 2. The lowest BCUT2D eigenvalue weighted by atomic mass is 10.1. The number of hydrogen-bond donors (Lipinski definition) is 3. The first-order chi connectivity index (χ1) is 9.09. The Hall–Kier alpha value is -2.09. The van der Waals surface area contributed by atoms with E-state index >= 15 is 0 Å². The molecule has 0 heterocycles. The number of carboxylic acids is 1. The summed E-state index contributed by atoms with van der Waals surface area (Å²) in [6.07, 6.45) is -4.41. The zero-order chi connectivity index (χ0) is 15.6. The second-order valence-electron chi connectivity index (χ2n) is 4.37. The Morgan fingerprint density at radius 3 is 1.95 bits per heavy atom. The predicted molar refractivity (Wildman–Crippen MR) is 70.3 cm³/mol. The summed E-state index contributed by atoms with van der Waals surface area (Å²) in [4.78, 5) is 19.9. The maximum Gasteiger partial charge on any atom is 0.490 e. The molecule has 0 radical (unpaired) electrons. The smallest absolute Gasteiger partial charge is 0.475 e. The number of aliphatic carboxylic acids is 1. The van der Waals surface area contributed by atoms with Crippen molar-refractivity contribution in [1.82, 2.24) is 0 Å². The fourth-order valence-corrected chi connectivity index (χ4v) is 1.65. The third kappa shape index (κ3) is 4.75. The van der Waals surface area contributed by atoms with Crippen molar-refractivity contribution >= 4 is 11.9 Å². The number of hydrogen-bond acceptors (Lipinski definition) is 3. The number of amides is 1. The van der Waals surface area contributed by atoms with Gasteiger partial charge in [0.05, 0.1) is 0 Å². The maximum atomic E-state index is 11.0. The summed E-state index contributed by atoms with van der Waals surface area (Å²) in [7, 11) is 0. The van der Waals surface area contributed by atoms with Crippen molar-refractivity contribution in [3.05, 3.63) is 35.9 Å². The second-order valence-corrected chi connectivity index (χ2v) is 4.37. The number of primary amides is 1. The molecule has 2 rings (SSSR count). The summed E-state index contributed by atoms with van der Waals surface area (Å²) >= 11 is 0. The van der Waals surface area contributed by atoms with E-state index in [4.69, 9.17) is 21.4 Å². The average molecular weight is 306 g/mol. The standard InChI is InChI=1S/C10H12N2O.C2HF3O2.CH4/c11-9(13)10(12)6-8(10)7-4-2-1-3-5-7;3-2(4,5)1(6)7;/h1-5,8H,6,12H2,(H2,11,13);(H,6,7);1H4/t8-,10+;;/m1../s1. The topological polar surface area (TPSA) is 106 Å². The van der Waals surface area contributed by atoms with Crippen LogP contribution in [0.3, 0.4) is 0 Å². The molecule has 0 saturated heterocycles. The van der Waals surface area contributed by atoms with Crippen LogP contribution < -0.4 is 11.5 Å². The van der Waals surface area contributed by atoms with Gasteiger partial charge in [-0.15, -0.1) is 0 Å². The number of nitrogens with two attached hydrogens (primary N) is 2. The van der Waals surface area contributed by atoms with Gasteiger partial charge < -0.3 is 16.6 Å². The fourth-order valence-electron chi connectivity index (χ4n) is 1.65. The molecule has 5 N–H and O–H groups in total. The van der Waals surface area contributed by atoms with E-state index in [0.717, 1.165) is 5.56 Å². The third-order valence-corrected chi connectivity index (χ3v) is 2.91. The first-order valence-electron chi connectivity index (χ1n) is 5.53. The lowest BCUT2D eigenvalue weighted by molar-refractivity contribution is -0.192. The molecule has 21 heavy (non-hydrogen) atoms. The lowest BCUT2D eigenvalue weighted by Gasteiger charge is -2.05. The number of halogens is 3. The minimum Gasteiger partial charge on any atom is -0.475 e. The second kappa shape index (κ2) is 6.57. The Balaban J connectivity index is 0.000000436. The largest absolute Gasteiger partial charge is 0.490 e. The highest BCUT2D eigenvalue weighted by molar-refractivity contribution is 5.89. The highest BCUT2D eigenvalue weighted by atomic mass is 19.4. The summed E-state index contributed by atoms with van der Waals surface area (Å²) < 4.78 is 31.7. The van der Waals surface area contributed by atoms with Crippen LogP contribution in [0.15, 0.2) is 30.3 Å². The Morgan fingerprint density at radius 2 is 1.67 bits per heavy atom. The fraction of sp³-hybridized carbons (Fsp3) is 0.385. The van der Waals surface area contributed by atoms with Crippen LogP contribution in [0.25, 0.3) is 0 Å². The molecule has 5 nitrogen and oxygen atoms in total. The van der Waals surface area contributed by atoms with Crippen molar-refractivity contribution in [3.8, 4) is 0 Å². The van der Waals surface area contributed by atoms with E-state index in [1.54, 1.807) is 0 Å². The van der Waals surface area contributed by atoms with Gasteiger partial charge in [-0.1, -0.05) is 37.8 Å². The molecule has 1 aliphatic rings. The summed E-state index contributed by atoms with van der Waals surface area (Å²) in [6.45, 7) is 0. The first kappa shape index (κ1) is 18.9. The summed E-state index contributed by atoms with van der Waals surface area (Å²) in [6, 6.07) is 9.77. The lowest BCUT2D eigenvalue weighted by Crippen LogP contribution is -2.40. The molecule has 0 spiro atoms.